The van der Waals surface area contributed by atoms with Crippen LogP contribution in [0.4, 0.5) is 0 Å². The lowest BCUT2D eigenvalue weighted by atomic mass is 9.75. The lowest BCUT2D eigenvalue weighted by Gasteiger charge is -2.37. The van der Waals surface area contributed by atoms with Crippen molar-refractivity contribution in [1.82, 2.24) is 5.32 Å². The fraction of sp³-hybridized carbons (Fsp3) is 1.00. The fourth-order valence-electron chi connectivity index (χ4n) is 3.62. The molecule has 0 amide bonds. The Kier molecular flexibility index (Phi) is 9.59. The highest BCUT2D eigenvalue weighted by Crippen LogP contribution is 2.35. The van der Waals surface area contributed by atoms with Gasteiger partial charge in [-0.05, 0) is 43.9 Å². The Morgan fingerprint density at radius 2 is 1.90 bits per heavy atom. The Morgan fingerprint density at radius 3 is 2.57 bits per heavy atom. The SMILES string of the molecule is CCCCCC(C)NCCOC1CC(C)CCC1C(C)C. The van der Waals surface area contributed by atoms with Crippen molar-refractivity contribution >= 4 is 0 Å². The second-order valence-electron chi connectivity index (χ2n) is 7.59. The zero-order valence-electron chi connectivity index (χ0n) is 15.2. The van der Waals surface area contributed by atoms with E-state index in [9.17, 15) is 0 Å². The van der Waals surface area contributed by atoms with Crippen molar-refractivity contribution in [1.29, 1.82) is 0 Å². The number of hydrogen-bond donors (Lipinski definition) is 1. The molecule has 0 aromatic rings. The lowest BCUT2D eigenvalue weighted by molar-refractivity contribution is -0.0371. The Bertz CT molecular complexity index is 254. The first-order valence-electron chi connectivity index (χ1n) is 9.39. The predicted molar refractivity (Wildman–Crippen MR) is 92.7 cm³/mol. The molecular formula is C19H39NO. The zero-order chi connectivity index (χ0) is 15.7. The van der Waals surface area contributed by atoms with Gasteiger partial charge in [0.25, 0.3) is 0 Å². The van der Waals surface area contributed by atoms with Gasteiger partial charge in [-0.15, -0.1) is 0 Å². The topological polar surface area (TPSA) is 21.3 Å². The van der Waals surface area contributed by atoms with E-state index in [1.54, 1.807) is 0 Å². The predicted octanol–water partition coefficient (Wildman–Crippen LogP) is 5.02. The third-order valence-electron chi connectivity index (χ3n) is 5.13. The van der Waals surface area contributed by atoms with Crippen LogP contribution in [-0.4, -0.2) is 25.3 Å². The first-order valence-corrected chi connectivity index (χ1v) is 9.39. The largest absolute Gasteiger partial charge is 0.377 e. The van der Waals surface area contributed by atoms with Gasteiger partial charge in [0.2, 0.25) is 0 Å². The van der Waals surface area contributed by atoms with E-state index in [2.05, 4.69) is 39.9 Å². The summed E-state index contributed by atoms with van der Waals surface area (Å²) in [5.74, 6) is 2.36. The highest BCUT2D eigenvalue weighted by molar-refractivity contribution is 4.81. The molecule has 0 spiro atoms. The first kappa shape index (κ1) is 19.0. The van der Waals surface area contributed by atoms with Gasteiger partial charge in [0.15, 0.2) is 0 Å². The van der Waals surface area contributed by atoms with Gasteiger partial charge < -0.3 is 10.1 Å². The summed E-state index contributed by atoms with van der Waals surface area (Å²) in [7, 11) is 0. The molecule has 1 aliphatic rings. The van der Waals surface area contributed by atoms with Gasteiger partial charge in [0.1, 0.15) is 0 Å². The molecule has 2 nitrogen and oxygen atoms in total. The normalized spacial score (nSPS) is 28.0. The van der Waals surface area contributed by atoms with E-state index in [0.29, 0.717) is 12.1 Å². The average molecular weight is 298 g/mol. The molecule has 1 rings (SSSR count). The summed E-state index contributed by atoms with van der Waals surface area (Å²) in [6.07, 6.45) is 9.80. The molecule has 2 heteroatoms. The molecule has 1 saturated carbocycles. The maximum atomic E-state index is 6.24. The van der Waals surface area contributed by atoms with Crippen molar-refractivity contribution in [3.05, 3.63) is 0 Å². The Hall–Kier alpha value is -0.0800. The van der Waals surface area contributed by atoms with E-state index in [4.69, 9.17) is 4.74 Å². The van der Waals surface area contributed by atoms with Crippen LogP contribution < -0.4 is 5.32 Å². The number of hydrogen-bond acceptors (Lipinski definition) is 2. The molecule has 21 heavy (non-hydrogen) atoms. The molecule has 0 aliphatic heterocycles. The van der Waals surface area contributed by atoms with Gasteiger partial charge >= 0.3 is 0 Å². The maximum absolute atomic E-state index is 6.24. The van der Waals surface area contributed by atoms with Crippen LogP contribution in [0.3, 0.4) is 0 Å². The van der Waals surface area contributed by atoms with Gasteiger partial charge in [0, 0.05) is 12.6 Å². The van der Waals surface area contributed by atoms with Gasteiger partial charge in [-0.2, -0.15) is 0 Å². The Morgan fingerprint density at radius 1 is 1.14 bits per heavy atom. The minimum absolute atomic E-state index is 0.492. The van der Waals surface area contributed by atoms with E-state index in [1.165, 1.54) is 44.9 Å². The van der Waals surface area contributed by atoms with Crippen LogP contribution in [0, 0.1) is 17.8 Å². The van der Waals surface area contributed by atoms with Gasteiger partial charge in [-0.3, -0.25) is 0 Å². The quantitative estimate of drug-likeness (QED) is 0.571. The standard InChI is InChI=1S/C19H39NO/c1-6-7-8-9-17(5)20-12-13-21-19-14-16(4)10-11-18(19)15(2)3/h15-20H,6-14H2,1-5H3. The van der Waals surface area contributed by atoms with Crippen LogP contribution in [0.5, 0.6) is 0 Å². The summed E-state index contributed by atoms with van der Waals surface area (Å²) in [6, 6.07) is 0.631. The minimum atomic E-state index is 0.492. The number of ether oxygens (including phenoxy) is 1. The average Bonchev–Trinajstić information content (AvgIpc) is 2.43. The lowest BCUT2D eigenvalue weighted by Crippen LogP contribution is -2.37. The van der Waals surface area contributed by atoms with Crippen LogP contribution >= 0.6 is 0 Å². The van der Waals surface area contributed by atoms with E-state index in [1.807, 2.05) is 0 Å². The molecule has 4 atom stereocenters. The third kappa shape index (κ3) is 7.65. The summed E-state index contributed by atoms with van der Waals surface area (Å²) in [5, 5.41) is 3.61. The van der Waals surface area contributed by atoms with Gasteiger partial charge in [-0.25, -0.2) is 0 Å². The summed E-state index contributed by atoms with van der Waals surface area (Å²) in [4.78, 5) is 0. The molecule has 0 radical (unpaired) electrons. The number of nitrogens with one attached hydrogen (secondary N) is 1. The van der Waals surface area contributed by atoms with Crippen LogP contribution in [0.15, 0.2) is 0 Å². The molecule has 0 aromatic carbocycles. The van der Waals surface area contributed by atoms with Crippen molar-refractivity contribution in [2.24, 2.45) is 17.8 Å². The number of rotatable bonds is 10. The molecule has 1 aliphatic carbocycles. The highest BCUT2D eigenvalue weighted by Gasteiger charge is 2.31. The second-order valence-corrected chi connectivity index (χ2v) is 7.59. The molecule has 0 saturated heterocycles. The van der Waals surface area contributed by atoms with Crippen LogP contribution in [-0.2, 0) is 4.74 Å². The molecule has 4 unspecified atom stereocenters. The summed E-state index contributed by atoms with van der Waals surface area (Å²) < 4.78 is 6.24. The van der Waals surface area contributed by atoms with Crippen LogP contribution in [0.2, 0.25) is 0 Å². The van der Waals surface area contributed by atoms with Crippen molar-refractivity contribution in [2.75, 3.05) is 13.2 Å². The fourth-order valence-corrected chi connectivity index (χ4v) is 3.62. The molecular weight excluding hydrogens is 258 g/mol. The zero-order valence-corrected chi connectivity index (χ0v) is 15.2. The van der Waals surface area contributed by atoms with Crippen molar-refractivity contribution in [3.8, 4) is 0 Å². The van der Waals surface area contributed by atoms with Crippen LogP contribution in [0.1, 0.15) is 79.6 Å². The van der Waals surface area contributed by atoms with E-state index >= 15 is 0 Å². The van der Waals surface area contributed by atoms with Crippen molar-refractivity contribution in [2.45, 2.75) is 91.7 Å². The molecule has 0 heterocycles. The van der Waals surface area contributed by atoms with Crippen molar-refractivity contribution in [3.63, 3.8) is 0 Å². The highest BCUT2D eigenvalue weighted by atomic mass is 16.5. The summed E-state index contributed by atoms with van der Waals surface area (Å²) in [5.41, 5.74) is 0. The smallest absolute Gasteiger partial charge is 0.0608 e. The second kappa shape index (κ2) is 10.6. The summed E-state index contributed by atoms with van der Waals surface area (Å²) in [6.45, 7) is 13.5. The van der Waals surface area contributed by atoms with E-state index < -0.39 is 0 Å². The molecule has 0 bridgehead atoms. The minimum Gasteiger partial charge on any atom is -0.377 e. The van der Waals surface area contributed by atoms with Gasteiger partial charge in [0.05, 0.1) is 12.7 Å². The van der Waals surface area contributed by atoms with Crippen LogP contribution in [0.25, 0.3) is 0 Å². The first-order chi connectivity index (χ1) is 10.0. The van der Waals surface area contributed by atoms with E-state index in [0.717, 1.165) is 30.9 Å². The Labute approximate surface area is 133 Å². The molecule has 0 aromatic heterocycles. The Balaban J connectivity index is 2.17. The van der Waals surface area contributed by atoms with E-state index in [-0.39, 0.29) is 0 Å². The summed E-state index contributed by atoms with van der Waals surface area (Å²) >= 11 is 0. The monoisotopic (exact) mass is 297 g/mol. The van der Waals surface area contributed by atoms with Crippen molar-refractivity contribution < 1.29 is 4.74 Å². The molecule has 1 N–H and O–H groups in total. The van der Waals surface area contributed by atoms with Gasteiger partial charge in [-0.1, -0.05) is 53.4 Å². The maximum Gasteiger partial charge on any atom is 0.0608 e. The number of unbranched alkanes of at least 4 members (excludes halogenated alkanes) is 2. The molecule has 1 fully saturated rings. The third-order valence-corrected chi connectivity index (χ3v) is 5.13. The molecule has 126 valence electrons.